The van der Waals surface area contributed by atoms with Gasteiger partial charge in [-0.15, -0.1) is 0 Å². The van der Waals surface area contributed by atoms with Gasteiger partial charge >= 0.3 is 0 Å². The molecule has 0 spiro atoms. The minimum Gasteiger partial charge on any atom is -0.369 e. The van der Waals surface area contributed by atoms with Gasteiger partial charge in [0.2, 0.25) is 5.91 Å². The summed E-state index contributed by atoms with van der Waals surface area (Å²) in [5, 5.41) is 1.09. The third-order valence-corrected chi connectivity index (χ3v) is 4.76. The first kappa shape index (κ1) is 14.6. The lowest BCUT2D eigenvalue weighted by Gasteiger charge is -2.30. The van der Waals surface area contributed by atoms with Gasteiger partial charge in [0, 0.05) is 29.9 Å². The number of nitrogens with zero attached hydrogens (tertiary/aromatic N) is 1. The maximum atomic E-state index is 12.6. The van der Waals surface area contributed by atoms with Gasteiger partial charge in [0.1, 0.15) is 5.69 Å². The van der Waals surface area contributed by atoms with Gasteiger partial charge in [-0.3, -0.25) is 9.59 Å². The highest BCUT2D eigenvalue weighted by molar-refractivity contribution is 5.99. The van der Waals surface area contributed by atoms with Crippen LogP contribution in [0.2, 0.25) is 0 Å². The molecule has 5 heteroatoms. The molecule has 3 N–H and O–H groups in total. The minimum absolute atomic E-state index is 0.00354. The zero-order chi connectivity index (χ0) is 15.9. The number of primary amides is 1. The van der Waals surface area contributed by atoms with Crippen LogP contribution in [-0.2, 0) is 4.79 Å². The number of hydrogen-bond donors (Lipinski definition) is 2. The first-order chi connectivity index (χ1) is 10.5. The third kappa shape index (κ3) is 2.47. The summed E-state index contributed by atoms with van der Waals surface area (Å²) < 4.78 is 0. The van der Waals surface area contributed by atoms with E-state index in [0.29, 0.717) is 31.6 Å². The Morgan fingerprint density at radius 2 is 1.91 bits per heavy atom. The monoisotopic (exact) mass is 299 g/mol. The molecular weight excluding hydrogens is 278 g/mol. The zero-order valence-electron chi connectivity index (χ0n) is 13.0. The van der Waals surface area contributed by atoms with Crippen molar-refractivity contribution in [3.63, 3.8) is 0 Å². The zero-order valence-corrected chi connectivity index (χ0v) is 13.0. The summed E-state index contributed by atoms with van der Waals surface area (Å²) in [6, 6.07) is 5.99. The average molecular weight is 299 g/mol. The molecule has 1 saturated heterocycles. The molecule has 0 saturated carbocycles. The number of aryl methyl sites for hydroxylation is 2. The van der Waals surface area contributed by atoms with Crippen LogP contribution in [0.3, 0.4) is 0 Å². The van der Waals surface area contributed by atoms with E-state index in [4.69, 9.17) is 5.73 Å². The Morgan fingerprint density at radius 3 is 2.55 bits per heavy atom. The number of piperidine rings is 1. The summed E-state index contributed by atoms with van der Waals surface area (Å²) >= 11 is 0. The van der Waals surface area contributed by atoms with Crippen molar-refractivity contribution in [2.75, 3.05) is 13.1 Å². The smallest absolute Gasteiger partial charge is 0.270 e. The number of fused-ring (bicyclic) bond motifs is 1. The SMILES string of the molecule is Cc1ccc2[nH]c(C(=O)N3CCC(C(N)=O)CC3)cc2c1C. The Morgan fingerprint density at radius 1 is 1.23 bits per heavy atom. The van der Waals surface area contributed by atoms with Crippen LogP contribution in [0.25, 0.3) is 10.9 Å². The lowest BCUT2D eigenvalue weighted by molar-refractivity contribution is -0.123. The van der Waals surface area contributed by atoms with Crippen LogP contribution in [0.1, 0.15) is 34.5 Å². The highest BCUT2D eigenvalue weighted by Crippen LogP contribution is 2.24. The van der Waals surface area contributed by atoms with E-state index in [0.717, 1.165) is 10.9 Å². The number of benzene rings is 1. The topological polar surface area (TPSA) is 79.2 Å². The summed E-state index contributed by atoms with van der Waals surface area (Å²) in [6.07, 6.45) is 1.30. The second-order valence-corrected chi connectivity index (χ2v) is 6.12. The van der Waals surface area contributed by atoms with Gasteiger partial charge in [-0.05, 0) is 49.9 Å². The molecular formula is C17H21N3O2. The van der Waals surface area contributed by atoms with Crippen molar-refractivity contribution in [1.82, 2.24) is 9.88 Å². The van der Waals surface area contributed by atoms with Gasteiger partial charge in [-0.1, -0.05) is 6.07 Å². The number of aromatic nitrogens is 1. The number of amides is 2. The van der Waals surface area contributed by atoms with Crippen molar-refractivity contribution in [3.8, 4) is 0 Å². The Balaban J connectivity index is 1.81. The largest absolute Gasteiger partial charge is 0.369 e. The summed E-state index contributed by atoms with van der Waals surface area (Å²) in [5.74, 6) is -0.364. The molecule has 1 aliphatic heterocycles. The number of H-pyrrole nitrogens is 1. The first-order valence-corrected chi connectivity index (χ1v) is 7.65. The highest BCUT2D eigenvalue weighted by atomic mass is 16.2. The lowest BCUT2D eigenvalue weighted by atomic mass is 9.96. The normalized spacial score (nSPS) is 16.2. The van der Waals surface area contributed by atoms with E-state index in [-0.39, 0.29) is 17.7 Å². The van der Waals surface area contributed by atoms with E-state index >= 15 is 0 Å². The number of carbonyl (C=O) groups excluding carboxylic acids is 2. The van der Waals surface area contributed by atoms with Crippen LogP contribution < -0.4 is 5.73 Å². The Kier molecular flexibility index (Phi) is 3.64. The van der Waals surface area contributed by atoms with Crippen LogP contribution in [-0.4, -0.2) is 34.8 Å². The molecule has 116 valence electrons. The predicted molar refractivity (Wildman–Crippen MR) is 85.6 cm³/mol. The molecule has 1 aromatic heterocycles. The number of aromatic amines is 1. The number of likely N-dealkylation sites (tertiary alicyclic amines) is 1. The van der Waals surface area contributed by atoms with Gasteiger partial charge in [-0.2, -0.15) is 0 Å². The summed E-state index contributed by atoms with van der Waals surface area (Å²) in [4.78, 5) is 28.8. The molecule has 3 rings (SSSR count). The molecule has 5 nitrogen and oxygen atoms in total. The fourth-order valence-electron chi connectivity index (χ4n) is 3.11. The van der Waals surface area contributed by atoms with Crippen molar-refractivity contribution in [2.45, 2.75) is 26.7 Å². The van der Waals surface area contributed by atoms with Crippen LogP contribution >= 0.6 is 0 Å². The second kappa shape index (κ2) is 5.48. The molecule has 0 aliphatic carbocycles. The quantitative estimate of drug-likeness (QED) is 0.891. The van der Waals surface area contributed by atoms with Crippen LogP contribution in [0.5, 0.6) is 0 Å². The van der Waals surface area contributed by atoms with Crippen molar-refractivity contribution < 1.29 is 9.59 Å². The molecule has 1 aromatic carbocycles. The fourth-order valence-corrected chi connectivity index (χ4v) is 3.11. The Bertz CT molecular complexity index is 740. The molecule has 22 heavy (non-hydrogen) atoms. The molecule has 0 unspecified atom stereocenters. The Labute approximate surface area is 129 Å². The highest BCUT2D eigenvalue weighted by Gasteiger charge is 2.27. The summed E-state index contributed by atoms with van der Waals surface area (Å²) in [6.45, 7) is 5.30. The number of rotatable bonds is 2. The van der Waals surface area contributed by atoms with Gasteiger partial charge in [-0.25, -0.2) is 0 Å². The van der Waals surface area contributed by atoms with E-state index in [2.05, 4.69) is 24.9 Å². The number of nitrogens with two attached hydrogens (primary N) is 1. The van der Waals surface area contributed by atoms with E-state index < -0.39 is 0 Å². The molecule has 2 amide bonds. The van der Waals surface area contributed by atoms with Gasteiger partial charge in [0.15, 0.2) is 0 Å². The van der Waals surface area contributed by atoms with Crippen molar-refractivity contribution in [1.29, 1.82) is 0 Å². The van der Waals surface area contributed by atoms with Crippen LogP contribution in [0.15, 0.2) is 18.2 Å². The lowest BCUT2D eigenvalue weighted by Crippen LogP contribution is -2.41. The molecule has 2 aromatic rings. The van der Waals surface area contributed by atoms with Crippen molar-refractivity contribution >= 4 is 22.7 Å². The van der Waals surface area contributed by atoms with Gasteiger partial charge in [0.05, 0.1) is 0 Å². The van der Waals surface area contributed by atoms with Crippen LogP contribution in [0.4, 0.5) is 0 Å². The molecule has 0 radical (unpaired) electrons. The van der Waals surface area contributed by atoms with Crippen molar-refractivity contribution in [3.05, 3.63) is 35.0 Å². The fraction of sp³-hybridized carbons (Fsp3) is 0.412. The standard InChI is InChI=1S/C17H21N3O2/c1-10-3-4-14-13(11(10)2)9-15(19-14)17(22)20-7-5-12(6-8-20)16(18)21/h3-4,9,12,19H,5-8H2,1-2H3,(H2,18,21). The van der Waals surface area contributed by atoms with E-state index in [1.54, 1.807) is 4.90 Å². The maximum absolute atomic E-state index is 12.6. The minimum atomic E-state index is -0.260. The average Bonchev–Trinajstić information content (AvgIpc) is 2.95. The first-order valence-electron chi connectivity index (χ1n) is 7.65. The predicted octanol–water partition coefficient (Wildman–Crippen LogP) is 2.12. The molecule has 2 heterocycles. The van der Waals surface area contributed by atoms with E-state index in [1.165, 1.54) is 11.1 Å². The number of hydrogen-bond acceptors (Lipinski definition) is 2. The molecule has 1 aliphatic rings. The molecule has 0 atom stereocenters. The molecule has 0 bridgehead atoms. The third-order valence-electron chi connectivity index (χ3n) is 4.76. The summed E-state index contributed by atoms with van der Waals surface area (Å²) in [7, 11) is 0. The maximum Gasteiger partial charge on any atom is 0.270 e. The number of carbonyl (C=O) groups is 2. The van der Waals surface area contributed by atoms with E-state index in [1.807, 2.05) is 12.1 Å². The van der Waals surface area contributed by atoms with E-state index in [9.17, 15) is 9.59 Å². The van der Waals surface area contributed by atoms with Crippen molar-refractivity contribution in [2.24, 2.45) is 11.7 Å². The Hall–Kier alpha value is -2.30. The summed E-state index contributed by atoms with van der Waals surface area (Å²) in [5.41, 5.74) is 9.34. The van der Waals surface area contributed by atoms with Gasteiger partial charge < -0.3 is 15.6 Å². The van der Waals surface area contributed by atoms with Crippen LogP contribution in [0, 0.1) is 19.8 Å². The number of nitrogens with one attached hydrogen (secondary N) is 1. The van der Waals surface area contributed by atoms with Gasteiger partial charge in [0.25, 0.3) is 5.91 Å². The second-order valence-electron chi connectivity index (χ2n) is 6.12. The molecule has 1 fully saturated rings.